The quantitative estimate of drug-likeness (QED) is 0.785. The molecule has 0 aliphatic carbocycles. The number of aryl methyl sites for hydroxylation is 1. The second kappa shape index (κ2) is 4.75. The van der Waals surface area contributed by atoms with Crippen molar-refractivity contribution in [3.05, 3.63) is 48.5 Å². The Morgan fingerprint density at radius 3 is 2.44 bits per heavy atom. The summed E-state index contributed by atoms with van der Waals surface area (Å²) in [7, 11) is 2.06. The third-order valence-electron chi connectivity index (χ3n) is 2.67. The van der Waals surface area contributed by atoms with Crippen molar-refractivity contribution >= 4 is 11.4 Å². The van der Waals surface area contributed by atoms with Crippen LogP contribution in [-0.2, 0) is 6.42 Å². The first-order valence-electron chi connectivity index (χ1n) is 5.39. The summed E-state index contributed by atoms with van der Waals surface area (Å²) in [6.07, 6.45) is 8.34. The van der Waals surface area contributed by atoms with E-state index in [0.29, 0.717) is 0 Å². The molecule has 3 nitrogen and oxygen atoms in total. The summed E-state index contributed by atoms with van der Waals surface area (Å²) in [4.78, 5) is 10.3. The van der Waals surface area contributed by atoms with Crippen LogP contribution in [0.5, 0.6) is 0 Å². The molecule has 0 aliphatic heterocycles. The van der Waals surface area contributed by atoms with Crippen LogP contribution in [0, 0.1) is 0 Å². The first-order chi connectivity index (χ1) is 7.83. The van der Waals surface area contributed by atoms with Crippen molar-refractivity contribution < 1.29 is 0 Å². The normalized spacial score (nSPS) is 10.1. The van der Waals surface area contributed by atoms with Crippen molar-refractivity contribution in [3.63, 3.8) is 0 Å². The number of nitrogens with zero attached hydrogens (tertiary/aromatic N) is 3. The van der Waals surface area contributed by atoms with Gasteiger partial charge in [-0.2, -0.15) is 0 Å². The summed E-state index contributed by atoms with van der Waals surface area (Å²) in [6, 6.07) is 6.04. The van der Waals surface area contributed by atoms with Gasteiger partial charge in [0.1, 0.15) is 0 Å². The maximum absolute atomic E-state index is 4.15. The number of aromatic nitrogens is 2. The Bertz CT molecular complexity index is 454. The highest BCUT2D eigenvalue weighted by atomic mass is 15.1. The lowest BCUT2D eigenvalue weighted by atomic mass is 10.1. The van der Waals surface area contributed by atoms with Gasteiger partial charge >= 0.3 is 0 Å². The van der Waals surface area contributed by atoms with E-state index in [1.165, 1.54) is 11.3 Å². The van der Waals surface area contributed by atoms with Gasteiger partial charge in [-0.05, 0) is 30.2 Å². The first-order valence-corrected chi connectivity index (χ1v) is 5.39. The van der Waals surface area contributed by atoms with Crippen LogP contribution in [0.1, 0.15) is 12.5 Å². The summed E-state index contributed by atoms with van der Waals surface area (Å²) < 4.78 is 0. The van der Waals surface area contributed by atoms with Crippen LogP contribution < -0.4 is 4.90 Å². The van der Waals surface area contributed by atoms with Crippen molar-refractivity contribution in [3.8, 4) is 0 Å². The zero-order chi connectivity index (χ0) is 11.4. The molecular formula is C13H15N3. The van der Waals surface area contributed by atoms with E-state index < -0.39 is 0 Å². The monoisotopic (exact) mass is 213 g/mol. The molecular weight excluding hydrogens is 198 g/mol. The molecule has 2 aromatic heterocycles. The first kappa shape index (κ1) is 10.6. The van der Waals surface area contributed by atoms with Crippen molar-refractivity contribution in [2.75, 3.05) is 11.9 Å². The third-order valence-corrected chi connectivity index (χ3v) is 2.67. The Balaban J connectivity index is 2.37. The van der Waals surface area contributed by atoms with Crippen LogP contribution >= 0.6 is 0 Å². The van der Waals surface area contributed by atoms with Crippen LogP contribution in [0.15, 0.2) is 43.0 Å². The highest BCUT2D eigenvalue weighted by molar-refractivity contribution is 5.64. The maximum Gasteiger partial charge on any atom is 0.0471 e. The topological polar surface area (TPSA) is 29.0 Å². The van der Waals surface area contributed by atoms with Gasteiger partial charge in [-0.25, -0.2) is 0 Å². The van der Waals surface area contributed by atoms with E-state index in [9.17, 15) is 0 Å². The van der Waals surface area contributed by atoms with Gasteiger partial charge in [0.05, 0.1) is 0 Å². The lowest BCUT2D eigenvalue weighted by Gasteiger charge is -2.21. The second-order valence-electron chi connectivity index (χ2n) is 3.62. The fraction of sp³-hybridized carbons (Fsp3) is 0.231. The highest BCUT2D eigenvalue weighted by Crippen LogP contribution is 2.25. The average Bonchev–Trinajstić information content (AvgIpc) is 2.39. The van der Waals surface area contributed by atoms with Crippen LogP contribution in [0.3, 0.4) is 0 Å². The number of pyridine rings is 2. The van der Waals surface area contributed by atoms with Crippen molar-refractivity contribution in [1.82, 2.24) is 9.97 Å². The lowest BCUT2D eigenvalue weighted by Crippen LogP contribution is -2.11. The molecule has 0 aliphatic rings. The molecule has 0 fully saturated rings. The third kappa shape index (κ3) is 2.03. The minimum atomic E-state index is 0.985. The SMILES string of the molecule is CCc1cnccc1N(C)c1ccncc1. The van der Waals surface area contributed by atoms with Gasteiger partial charge in [0.15, 0.2) is 0 Å². The molecule has 0 unspecified atom stereocenters. The molecule has 0 N–H and O–H groups in total. The molecule has 0 atom stereocenters. The smallest absolute Gasteiger partial charge is 0.0471 e. The Morgan fingerprint density at radius 2 is 1.75 bits per heavy atom. The predicted octanol–water partition coefficient (Wildman–Crippen LogP) is 2.81. The van der Waals surface area contributed by atoms with Gasteiger partial charge in [-0.15, -0.1) is 0 Å². The second-order valence-corrected chi connectivity index (χ2v) is 3.62. The molecule has 0 radical (unpaired) electrons. The number of anilines is 2. The molecule has 16 heavy (non-hydrogen) atoms. The molecule has 0 saturated heterocycles. The fourth-order valence-electron chi connectivity index (χ4n) is 1.73. The van der Waals surface area contributed by atoms with E-state index in [-0.39, 0.29) is 0 Å². The molecule has 3 heteroatoms. The summed E-state index contributed by atoms with van der Waals surface area (Å²) in [5.74, 6) is 0. The van der Waals surface area contributed by atoms with Gasteiger partial charge in [0.2, 0.25) is 0 Å². The van der Waals surface area contributed by atoms with E-state index in [0.717, 1.165) is 12.1 Å². The number of rotatable bonds is 3. The molecule has 2 rings (SSSR count). The Hall–Kier alpha value is -1.90. The Kier molecular flexibility index (Phi) is 3.15. The molecule has 82 valence electrons. The maximum atomic E-state index is 4.15. The molecule has 0 spiro atoms. The zero-order valence-electron chi connectivity index (χ0n) is 9.59. The summed E-state index contributed by atoms with van der Waals surface area (Å²) in [5, 5.41) is 0. The van der Waals surface area contributed by atoms with E-state index in [1.54, 1.807) is 12.4 Å². The van der Waals surface area contributed by atoms with E-state index >= 15 is 0 Å². The van der Waals surface area contributed by atoms with Crippen LogP contribution in [0.2, 0.25) is 0 Å². The van der Waals surface area contributed by atoms with Gasteiger partial charge in [0.25, 0.3) is 0 Å². The van der Waals surface area contributed by atoms with Gasteiger partial charge in [0, 0.05) is 43.2 Å². The lowest BCUT2D eigenvalue weighted by molar-refractivity contribution is 1.06. The Labute approximate surface area is 95.8 Å². The minimum Gasteiger partial charge on any atom is -0.344 e. The van der Waals surface area contributed by atoms with Crippen molar-refractivity contribution in [1.29, 1.82) is 0 Å². The molecule has 0 aromatic carbocycles. The largest absolute Gasteiger partial charge is 0.344 e. The molecule has 0 saturated carbocycles. The van der Waals surface area contributed by atoms with Crippen LogP contribution in [-0.4, -0.2) is 17.0 Å². The highest BCUT2D eigenvalue weighted by Gasteiger charge is 2.07. The van der Waals surface area contributed by atoms with Gasteiger partial charge < -0.3 is 4.90 Å². The van der Waals surface area contributed by atoms with E-state index in [4.69, 9.17) is 0 Å². The standard InChI is InChI=1S/C13H15N3/c1-3-11-10-15-9-6-13(11)16(2)12-4-7-14-8-5-12/h4-10H,3H2,1-2H3. The van der Waals surface area contributed by atoms with Crippen LogP contribution in [0.25, 0.3) is 0 Å². The molecule has 2 heterocycles. The van der Waals surface area contributed by atoms with Gasteiger partial charge in [-0.3, -0.25) is 9.97 Å². The fourth-order valence-corrected chi connectivity index (χ4v) is 1.73. The van der Waals surface area contributed by atoms with Gasteiger partial charge in [-0.1, -0.05) is 6.92 Å². The van der Waals surface area contributed by atoms with Crippen molar-refractivity contribution in [2.45, 2.75) is 13.3 Å². The zero-order valence-corrected chi connectivity index (χ0v) is 9.59. The average molecular weight is 213 g/mol. The molecule has 0 bridgehead atoms. The number of hydrogen-bond acceptors (Lipinski definition) is 3. The summed E-state index contributed by atoms with van der Waals surface area (Å²) in [5.41, 5.74) is 3.58. The molecule has 2 aromatic rings. The minimum absolute atomic E-state index is 0.985. The molecule has 0 amide bonds. The Morgan fingerprint density at radius 1 is 1.06 bits per heavy atom. The predicted molar refractivity (Wildman–Crippen MR) is 65.9 cm³/mol. The number of hydrogen-bond donors (Lipinski definition) is 0. The van der Waals surface area contributed by atoms with Crippen LogP contribution in [0.4, 0.5) is 11.4 Å². The van der Waals surface area contributed by atoms with E-state index in [2.05, 4.69) is 28.8 Å². The summed E-state index contributed by atoms with van der Waals surface area (Å²) >= 11 is 0. The van der Waals surface area contributed by atoms with Crippen molar-refractivity contribution in [2.24, 2.45) is 0 Å². The van der Waals surface area contributed by atoms with E-state index in [1.807, 2.05) is 30.6 Å². The summed E-state index contributed by atoms with van der Waals surface area (Å²) in [6.45, 7) is 2.14.